The molecule has 1 aliphatic rings. The highest BCUT2D eigenvalue weighted by atomic mass is 16.6. The molecule has 0 aromatic heterocycles. The van der Waals surface area contributed by atoms with E-state index in [0.29, 0.717) is 12.0 Å². The van der Waals surface area contributed by atoms with Crippen molar-refractivity contribution in [2.24, 2.45) is 11.8 Å². The molecule has 8 nitrogen and oxygen atoms in total. The van der Waals surface area contributed by atoms with E-state index in [4.69, 9.17) is 4.74 Å². The maximum absolute atomic E-state index is 14.1. The molecule has 0 spiro atoms. The number of ether oxygens (including phenoxy) is 1. The molecule has 0 saturated heterocycles. The summed E-state index contributed by atoms with van der Waals surface area (Å²) in [5.74, 6) is -0.136. The molecule has 0 heterocycles. The molecule has 202 valence electrons. The van der Waals surface area contributed by atoms with Crippen molar-refractivity contribution in [2.75, 3.05) is 0 Å². The highest BCUT2D eigenvalue weighted by Crippen LogP contribution is 2.41. The van der Waals surface area contributed by atoms with E-state index in [9.17, 15) is 19.5 Å². The molecule has 8 heteroatoms. The highest BCUT2D eigenvalue weighted by molar-refractivity contribution is 5.92. The van der Waals surface area contributed by atoms with Gasteiger partial charge in [-0.2, -0.15) is 0 Å². The number of phenolic OH excluding ortho intramolecular Hbond substituents is 1. The van der Waals surface area contributed by atoms with Crippen LogP contribution in [-0.2, 0) is 14.3 Å². The van der Waals surface area contributed by atoms with Crippen LogP contribution in [-0.4, -0.2) is 51.6 Å². The first kappa shape index (κ1) is 29.5. The predicted molar refractivity (Wildman–Crippen MR) is 140 cm³/mol. The van der Waals surface area contributed by atoms with Gasteiger partial charge in [0.15, 0.2) is 0 Å². The molecule has 0 bridgehead atoms. The molecule has 5 unspecified atom stereocenters. The second kappa shape index (κ2) is 12.5. The Labute approximate surface area is 216 Å². The third kappa shape index (κ3) is 8.71. The summed E-state index contributed by atoms with van der Waals surface area (Å²) in [5.41, 5.74) is -0.0913. The SMILES string of the molecule is CCCC(C)NC(=O)C(c1ccc(O)cc1)N(C(=O)C(CC(C)C)NC(=O)OC(C)(C)C)C1CC1C. The summed E-state index contributed by atoms with van der Waals surface area (Å²) in [6.07, 6.45) is 2.26. The first-order chi connectivity index (χ1) is 16.7. The number of carbonyl (C=O) groups excluding carboxylic acids is 3. The van der Waals surface area contributed by atoms with Crippen LogP contribution in [0.5, 0.6) is 5.75 Å². The molecule has 0 radical (unpaired) electrons. The van der Waals surface area contributed by atoms with Gasteiger partial charge >= 0.3 is 6.09 Å². The van der Waals surface area contributed by atoms with Gasteiger partial charge in [0, 0.05) is 12.1 Å². The quantitative estimate of drug-likeness (QED) is 0.397. The third-order valence-corrected chi connectivity index (χ3v) is 6.22. The van der Waals surface area contributed by atoms with E-state index in [1.807, 2.05) is 20.8 Å². The van der Waals surface area contributed by atoms with Gasteiger partial charge in [-0.25, -0.2) is 4.79 Å². The van der Waals surface area contributed by atoms with Crippen molar-refractivity contribution in [2.45, 2.75) is 111 Å². The van der Waals surface area contributed by atoms with Gasteiger partial charge in [0.1, 0.15) is 23.4 Å². The topological polar surface area (TPSA) is 108 Å². The lowest BCUT2D eigenvalue weighted by atomic mass is 9.98. The molecule has 5 atom stereocenters. The Morgan fingerprint density at radius 3 is 2.17 bits per heavy atom. The standard InChI is InChI=1S/C28H45N3O5/c1-9-10-19(5)29-25(33)24(20-11-13-21(32)14-12-20)31(23-16-18(23)4)26(34)22(15-17(2)3)30-27(35)36-28(6,7)8/h11-14,17-19,22-24,32H,9-10,15-16H2,1-8H3,(H,29,33)(H,30,35). The fourth-order valence-electron chi connectivity index (χ4n) is 4.42. The van der Waals surface area contributed by atoms with E-state index < -0.39 is 23.8 Å². The number of alkyl carbamates (subject to hydrolysis) is 1. The summed E-state index contributed by atoms with van der Waals surface area (Å²) >= 11 is 0. The van der Waals surface area contributed by atoms with E-state index in [1.54, 1.807) is 37.8 Å². The van der Waals surface area contributed by atoms with E-state index in [-0.39, 0.29) is 41.5 Å². The van der Waals surface area contributed by atoms with Crippen LogP contribution in [0.1, 0.15) is 92.7 Å². The van der Waals surface area contributed by atoms with Gasteiger partial charge in [0.2, 0.25) is 11.8 Å². The molecule has 3 N–H and O–H groups in total. The van der Waals surface area contributed by atoms with Gasteiger partial charge in [0.25, 0.3) is 0 Å². The number of carbonyl (C=O) groups is 3. The van der Waals surface area contributed by atoms with Gasteiger partial charge in [-0.1, -0.05) is 46.2 Å². The zero-order valence-electron chi connectivity index (χ0n) is 23.1. The smallest absolute Gasteiger partial charge is 0.408 e. The van der Waals surface area contributed by atoms with E-state index in [2.05, 4.69) is 24.5 Å². The van der Waals surface area contributed by atoms with Crippen molar-refractivity contribution in [3.05, 3.63) is 29.8 Å². The van der Waals surface area contributed by atoms with Crippen LogP contribution in [0.15, 0.2) is 24.3 Å². The zero-order chi connectivity index (χ0) is 27.2. The Kier molecular flexibility index (Phi) is 10.2. The summed E-state index contributed by atoms with van der Waals surface area (Å²) in [4.78, 5) is 42.1. The van der Waals surface area contributed by atoms with Crippen LogP contribution in [0.4, 0.5) is 4.79 Å². The monoisotopic (exact) mass is 503 g/mol. The van der Waals surface area contributed by atoms with Crippen LogP contribution in [0.25, 0.3) is 0 Å². The molecule has 1 aliphatic carbocycles. The van der Waals surface area contributed by atoms with Crippen molar-refractivity contribution >= 4 is 17.9 Å². The lowest BCUT2D eigenvalue weighted by Crippen LogP contribution is -2.55. The van der Waals surface area contributed by atoms with E-state index in [0.717, 1.165) is 19.3 Å². The number of aromatic hydroxyl groups is 1. The minimum Gasteiger partial charge on any atom is -0.508 e. The van der Waals surface area contributed by atoms with Crippen LogP contribution >= 0.6 is 0 Å². The van der Waals surface area contributed by atoms with Crippen molar-refractivity contribution in [1.82, 2.24) is 15.5 Å². The van der Waals surface area contributed by atoms with E-state index >= 15 is 0 Å². The van der Waals surface area contributed by atoms with Crippen molar-refractivity contribution in [1.29, 1.82) is 0 Å². The molecule has 0 aliphatic heterocycles. The number of phenols is 1. The molecule has 3 amide bonds. The summed E-state index contributed by atoms with van der Waals surface area (Å²) in [7, 11) is 0. The summed E-state index contributed by atoms with van der Waals surface area (Å²) < 4.78 is 5.43. The minimum absolute atomic E-state index is 0.0537. The van der Waals surface area contributed by atoms with Crippen LogP contribution < -0.4 is 10.6 Å². The number of benzene rings is 1. The van der Waals surface area contributed by atoms with Gasteiger partial charge in [-0.3, -0.25) is 9.59 Å². The molecule has 2 rings (SSSR count). The number of nitrogens with one attached hydrogen (secondary N) is 2. The second-order valence-corrected chi connectivity index (χ2v) is 11.5. The minimum atomic E-state index is -0.887. The molecule has 1 aromatic carbocycles. The fraction of sp³-hybridized carbons (Fsp3) is 0.679. The molecule has 36 heavy (non-hydrogen) atoms. The van der Waals surface area contributed by atoms with Crippen LogP contribution in [0, 0.1) is 11.8 Å². The molecule has 1 aromatic rings. The summed E-state index contributed by atoms with van der Waals surface area (Å²) in [5, 5.41) is 15.7. The number of amides is 3. The molecular weight excluding hydrogens is 458 g/mol. The Hall–Kier alpha value is -2.77. The van der Waals surface area contributed by atoms with Gasteiger partial charge in [-0.15, -0.1) is 0 Å². The van der Waals surface area contributed by atoms with Crippen molar-refractivity contribution in [3.63, 3.8) is 0 Å². The number of rotatable bonds is 11. The second-order valence-electron chi connectivity index (χ2n) is 11.5. The summed E-state index contributed by atoms with van der Waals surface area (Å²) in [6.45, 7) is 15.3. The first-order valence-corrected chi connectivity index (χ1v) is 13.1. The van der Waals surface area contributed by atoms with Gasteiger partial charge in [-0.05, 0) is 76.5 Å². The van der Waals surface area contributed by atoms with E-state index in [1.165, 1.54) is 12.1 Å². The summed E-state index contributed by atoms with van der Waals surface area (Å²) in [6, 6.07) is 4.49. The average molecular weight is 504 g/mol. The Morgan fingerprint density at radius 2 is 1.69 bits per heavy atom. The van der Waals surface area contributed by atoms with Gasteiger partial charge in [0.05, 0.1) is 0 Å². The molecule has 1 saturated carbocycles. The Bertz CT molecular complexity index is 893. The van der Waals surface area contributed by atoms with Crippen LogP contribution in [0.2, 0.25) is 0 Å². The lowest BCUT2D eigenvalue weighted by Gasteiger charge is -2.36. The first-order valence-electron chi connectivity index (χ1n) is 13.1. The maximum atomic E-state index is 14.1. The fourth-order valence-corrected chi connectivity index (χ4v) is 4.42. The Morgan fingerprint density at radius 1 is 1.11 bits per heavy atom. The zero-order valence-corrected chi connectivity index (χ0v) is 23.1. The number of hydrogen-bond acceptors (Lipinski definition) is 5. The molecular formula is C28H45N3O5. The van der Waals surface area contributed by atoms with Gasteiger partial charge < -0.3 is 25.4 Å². The maximum Gasteiger partial charge on any atom is 0.408 e. The lowest BCUT2D eigenvalue weighted by molar-refractivity contribution is -0.144. The third-order valence-electron chi connectivity index (χ3n) is 6.22. The normalized spacial score (nSPS) is 19.7. The average Bonchev–Trinajstić information content (AvgIpc) is 3.46. The largest absolute Gasteiger partial charge is 0.508 e. The Balaban J connectivity index is 2.47. The predicted octanol–water partition coefficient (Wildman–Crippen LogP) is 4.91. The van der Waals surface area contributed by atoms with Crippen LogP contribution in [0.3, 0.4) is 0 Å². The number of nitrogens with zero attached hydrogens (tertiary/aromatic N) is 1. The highest BCUT2D eigenvalue weighted by Gasteiger charge is 2.48. The van der Waals surface area contributed by atoms with Crippen molar-refractivity contribution in [3.8, 4) is 5.75 Å². The number of hydrogen-bond donors (Lipinski definition) is 3. The van der Waals surface area contributed by atoms with Crippen molar-refractivity contribution < 1.29 is 24.2 Å². The molecule has 1 fully saturated rings.